The smallest absolute Gasteiger partial charge is 0.179 e. The van der Waals surface area contributed by atoms with Crippen molar-refractivity contribution >= 4 is 40.3 Å². The number of hydrogen-bond acceptors (Lipinski definition) is 4. The first-order valence-electron chi connectivity index (χ1n) is 5.60. The van der Waals surface area contributed by atoms with Gasteiger partial charge in [-0.25, -0.2) is 4.98 Å². The third-order valence-electron chi connectivity index (χ3n) is 2.70. The average Bonchev–Trinajstić information content (AvgIpc) is 2.85. The van der Waals surface area contributed by atoms with Crippen LogP contribution in [-0.4, -0.2) is 33.8 Å². The van der Waals surface area contributed by atoms with Crippen LogP contribution in [0, 0.1) is 0 Å². The van der Waals surface area contributed by atoms with Crippen LogP contribution in [0.5, 0.6) is 0 Å². The van der Waals surface area contributed by atoms with E-state index in [0.29, 0.717) is 20.8 Å². The summed E-state index contributed by atoms with van der Waals surface area (Å²) >= 11 is 13.0. The van der Waals surface area contributed by atoms with Crippen LogP contribution in [0.2, 0.25) is 8.67 Å². The molecule has 0 unspecified atom stereocenters. The quantitative estimate of drug-likeness (QED) is 0.795. The maximum atomic E-state index is 12.1. The highest BCUT2D eigenvalue weighted by molar-refractivity contribution is 7.20. The molecule has 102 valence electrons. The van der Waals surface area contributed by atoms with Gasteiger partial charge in [0.05, 0.1) is 23.0 Å². The van der Waals surface area contributed by atoms with Gasteiger partial charge < -0.3 is 4.57 Å². The van der Waals surface area contributed by atoms with E-state index in [9.17, 15) is 4.79 Å². The standard InChI is InChI=1S/C12H13Cl2N3OS/c1-16(7-11-15-3-4-17(11)2)6-9(18)8-5-10(13)19-12(8)14/h3-5H,6-7H2,1-2H3. The first-order chi connectivity index (χ1) is 8.97. The summed E-state index contributed by atoms with van der Waals surface area (Å²) < 4.78 is 2.90. The molecule has 0 fully saturated rings. The molecule has 0 saturated heterocycles. The fourth-order valence-electron chi connectivity index (χ4n) is 1.71. The van der Waals surface area contributed by atoms with E-state index in [1.807, 2.05) is 29.8 Å². The zero-order valence-electron chi connectivity index (χ0n) is 10.6. The van der Waals surface area contributed by atoms with Crippen LogP contribution in [0.3, 0.4) is 0 Å². The van der Waals surface area contributed by atoms with Crippen LogP contribution in [0.4, 0.5) is 0 Å². The van der Waals surface area contributed by atoms with E-state index in [1.165, 1.54) is 11.3 Å². The molecule has 0 aliphatic carbocycles. The Kier molecular flexibility index (Phi) is 4.62. The number of Topliss-reactive ketones (excluding diaryl/α,β-unsaturated/α-hetero) is 1. The third-order valence-corrected chi connectivity index (χ3v) is 4.19. The molecule has 19 heavy (non-hydrogen) atoms. The van der Waals surface area contributed by atoms with Crippen LogP contribution >= 0.6 is 34.5 Å². The Labute approximate surface area is 125 Å². The number of imidazole rings is 1. The van der Waals surface area contributed by atoms with Crippen LogP contribution < -0.4 is 0 Å². The zero-order chi connectivity index (χ0) is 14.0. The molecule has 0 aromatic carbocycles. The van der Waals surface area contributed by atoms with Crippen molar-refractivity contribution < 1.29 is 4.79 Å². The van der Waals surface area contributed by atoms with E-state index >= 15 is 0 Å². The molecule has 0 spiro atoms. The fourth-order valence-corrected chi connectivity index (χ4v) is 3.21. The van der Waals surface area contributed by atoms with E-state index < -0.39 is 0 Å². The van der Waals surface area contributed by atoms with Crippen molar-refractivity contribution in [2.75, 3.05) is 13.6 Å². The van der Waals surface area contributed by atoms with E-state index in [0.717, 1.165) is 5.82 Å². The SMILES string of the molecule is CN(CC(=O)c1cc(Cl)sc1Cl)Cc1nccn1C. The summed E-state index contributed by atoms with van der Waals surface area (Å²) in [6.07, 6.45) is 3.61. The summed E-state index contributed by atoms with van der Waals surface area (Å²) in [5.74, 6) is 0.870. The lowest BCUT2D eigenvalue weighted by Crippen LogP contribution is -2.26. The number of halogens is 2. The predicted molar refractivity (Wildman–Crippen MR) is 78.2 cm³/mol. The lowest BCUT2D eigenvalue weighted by atomic mass is 10.2. The Morgan fingerprint density at radius 2 is 2.26 bits per heavy atom. The fraction of sp³-hybridized carbons (Fsp3) is 0.333. The van der Waals surface area contributed by atoms with Crippen LogP contribution in [0.15, 0.2) is 18.5 Å². The largest absolute Gasteiger partial charge is 0.337 e. The molecule has 0 bridgehead atoms. The third kappa shape index (κ3) is 3.57. The van der Waals surface area contributed by atoms with Crippen molar-refractivity contribution in [2.24, 2.45) is 7.05 Å². The summed E-state index contributed by atoms with van der Waals surface area (Å²) in [6, 6.07) is 1.62. The minimum Gasteiger partial charge on any atom is -0.337 e. The number of carbonyl (C=O) groups is 1. The minimum atomic E-state index is -0.0372. The Balaban J connectivity index is 1.99. The number of nitrogens with zero attached hydrogens (tertiary/aromatic N) is 3. The molecule has 7 heteroatoms. The molecule has 2 heterocycles. The molecule has 2 aromatic heterocycles. The van der Waals surface area contributed by atoms with Crippen LogP contribution in [0.25, 0.3) is 0 Å². The molecular weight excluding hydrogens is 305 g/mol. The van der Waals surface area contributed by atoms with Crippen molar-refractivity contribution in [1.82, 2.24) is 14.5 Å². The molecule has 2 aromatic rings. The Hall–Kier alpha value is -0.880. The Morgan fingerprint density at radius 1 is 1.53 bits per heavy atom. The predicted octanol–water partition coefficient (Wildman–Crippen LogP) is 3.10. The molecule has 4 nitrogen and oxygen atoms in total. The summed E-state index contributed by atoms with van der Waals surface area (Å²) in [6.45, 7) is 0.879. The summed E-state index contributed by atoms with van der Waals surface area (Å²) in [5.41, 5.74) is 0.489. The Bertz CT molecular complexity index is 594. The van der Waals surface area contributed by atoms with Crippen LogP contribution in [-0.2, 0) is 13.6 Å². The van der Waals surface area contributed by atoms with Gasteiger partial charge in [0.25, 0.3) is 0 Å². The van der Waals surface area contributed by atoms with Crippen molar-refractivity contribution in [3.05, 3.63) is 38.5 Å². The molecule has 0 atom stereocenters. The Morgan fingerprint density at radius 3 is 2.79 bits per heavy atom. The number of aromatic nitrogens is 2. The first kappa shape index (κ1) is 14.5. The normalized spacial score (nSPS) is 11.2. The maximum Gasteiger partial charge on any atom is 0.179 e. The number of hydrogen-bond donors (Lipinski definition) is 0. The van der Waals surface area contributed by atoms with Gasteiger partial charge in [0.2, 0.25) is 0 Å². The van der Waals surface area contributed by atoms with Gasteiger partial charge in [-0.15, -0.1) is 11.3 Å². The van der Waals surface area contributed by atoms with Crippen molar-refractivity contribution in [1.29, 1.82) is 0 Å². The van der Waals surface area contributed by atoms with Crippen molar-refractivity contribution in [3.63, 3.8) is 0 Å². The second kappa shape index (κ2) is 6.05. The van der Waals surface area contributed by atoms with Gasteiger partial charge in [-0.2, -0.15) is 0 Å². The summed E-state index contributed by atoms with van der Waals surface area (Å²) in [7, 11) is 3.79. The molecule has 0 amide bonds. The van der Waals surface area contributed by atoms with Crippen molar-refractivity contribution in [3.8, 4) is 0 Å². The molecule has 0 N–H and O–H groups in total. The average molecular weight is 318 g/mol. The number of ketones is 1. The molecule has 0 radical (unpaired) electrons. The number of thiophene rings is 1. The maximum absolute atomic E-state index is 12.1. The zero-order valence-corrected chi connectivity index (χ0v) is 12.9. The van der Waals surface area contributed by atoms with Gasteiger partial charge in [0, 0.05) is 19.4 Å². The topological polar surface area (TPSA) is 38.1 Å². The molecular formula is C12H13Cl2N3OS. The monoisotopic (exact) mass is 317 g/mol. The summed E-state index contributed by atoms with van der Waals surface area (Å²) in [4.78, 5) is 18.2. The second-order valence-electron chi connectivity index (χ2n) is 4.29. The van der Waals surface area contributed by atoms with E-state index in [-0.39, 0.29) is 12.3 Å². The molecule has 0 aliphatic rings. The number of carbonyl (C=O) groups excluding carboxylic acids is 1. The molecule has 0 aliphatic heterocycles. The van der Waals surface area contributed by atoms with Gasteiger partial charge in [0.15, 0.2) is 5.78 Å². The lowest BCUT2D eigenvalue weighted by molar-refractivity contribution is 0.0942. The van der Waals surface area contributed by atoms with E-state index in [1.54, 1.807) is 12.3 Å². The highest BCUT2D eigenvalue weighted by Crippen LogP contribution is 2.31. The lowest BCUT2D eigenvalue weighted by Gasteiger charge is -2.15. The highest BCUT2D eigenvalue weighted by atomic mass is 35.5. The molecule has 2 rings (SSSR count). The van der Waals surface area contributed by atoms with E-state index in [4.69, 9.17) is 23.2 Å². The number of aryl methyl sites for hydroxylation is 1. The van der Waals surface area contributed by atoms with Gasteiger partial charge in [-0.05, 0) is 13.1 Å². The minimum absolute atomic E-state index is 0.0372. The van der Waals surface area contributed by atoms with E-state index in [2.05, 4.69) is 4.98 Å². The van der Waals surface area contributed by atoms with Crippen LogP contribution in [0.1, 0.15) is 16.2 Å². The van der Waals surface area contributed by atoms with Crippen molar-refractivity contribution in [2.45, 2.75) is 6.54 Å². The second-order valence-corrected chi connectivity index (χ2v) is 6.57. The summed E-state index contributed by atoms with van der Waals surface area (Å²) in [5, 5.41) is 0. The van der Waals surface area contributed by atoms with Gasteiger partial charge >= 0.3 is 0 Å². The number of rotatable bonds is 5. The van der Waals surface area contributed by atoms with Gasteiger partial charge in [-0.1, -0.05) is 23.2 Å². The molecule has 0 saturated carbocycles. The van der Waals surface area contributed by atoms with Gasteiger partial charge in [-0.3, -0.25) is 9.69 Å². The number of likely N-dealkylation sites (N-methyl/N-ethyl adjacent to an activating group) is 1. The first-order valence-corrected chi connectivity index (χ1v) is 7.17. The van der Waals surface area contributed by atoms with Gasteiger partial charge in [0.1, 0.15) is 10.2 Å². The highest BCUT2D eigenvalue weighted by Gasteiger charge is 2.16.